The quantitative estimate of drug-likeness (QED) is 0.912. The topological polar surface area (TPSA) is 53.1 Å². The molecule has 1 aliphatic rings. The highest BCUT2D eigenvalue weighted by atomic mass is 19.1. The molecule has 2 aromatic rings. The zero-order valence-electron chi connectivity index (χ0n) is 13.7. The number of piperazine rings is 1. The monoisotopic (exact) mass is 315 g/mol. The summed E-state index contributed by atoms with van der Waals surface area (Å²) in [5.74, 6) is 1.19. The molecule has 2 heterocycles. The predicted molar refractivity (Wildman–Crippen MR) is 90.7 cm³/mol. The third-order valence-electron chi connectivity index (χ3n) is 3.81. The van der Waals surface area contributed by atoms with Gasteiger partial charge in [0.2, 0.25) is 5.95 Å². The Morgan fingerprint density at radius 2 is 1.96 bits per heavy atom. The van der Waals surface area contributed by atoms with E-state index in [1.54, 1.807) is 12.1 Å². The van der Waals surface area contributed by atoms with Crippen LogP contribution >= 0.6 is 0 Å². The van der Waals surface area contributed by atoms with Gasteiger partial charge in [0.05, 0.1) is 0 Å². The zero-order valence-corrected chi connectivity index (χ0v) is 13.7. The Bertz CT molecular complexity index is 684. The van der Waals surface area contributed by atoms with Crippen LogP contribution in [0.25, 0.3) is 0 Å². The van der Waals surface area contributed by atoms with E-state index in [1.165, 1.54) is 12.1 Å². The zero-order chi connectivity index (χ0) is 16.4. The van der Waals surface area contributed by atoms with Gasteiger partial charge in [0.1, 0.15) is 11.6 Å². The van der Waals surface area contributed by atoms with E-state index in [0.717, 1.165) is 42.8 Å². The van der Waals surface area contributed by atoms with E-state index < -0.39 is 0 Å². The minimum Gasteiger partial charge on any atom is -0.340 e. The lowest BCUT2D eigenvalue weighted by atomic mass is 10.0. The van der Waals surface area contributed by atoms with Crippen LogP contribution in [0.15, 0.2) is 30.3 Å². The molecule has 1 fully saturated rings. The van der Waals surface area contributed by atoms with Crippen LogP contribution in [0.2, 0.25) is 0 Å². The van der Waals surface area contributed by atoms with Crippen LogP contribution in [0.4, 0.5) is 21.8 Å². The molecule has 1 aromatic carbocycles. The number of hydrogen-bond acceptors (Lipinski definition) is 5. The third-order valence-corrected chi connectivity index (χ3v) is 3.81. The van der Waals surface area contributed by atoms with Crippen molar-refractivity contribution < 1.29 is 4.39 Å². The SMILES string of the molecule is Cc1cc(Nc2ccc(F)cc2)nc(N2CCNC(C)(C)C2)n1. The number of anilines is 3. The van der Waals surface area contributed by atoms with E-state index in [-0.39, 0.29) is 11.4 Å². The van der Waals surface area contributed by atoms with Gasteiger partial charge in [-0.15, -0.1) is 0 Å². The summed E-state index contributed by atoms with van der Waals surface area (Å²) in [4.78, 5) is 11.4. The summed E-state index contributed by atoms with van der Waals surface area (Å²) in [5.41, 5.74) is 1.74. The van der Waals surface area contributed by atoms with Gasteiger partial charge in [-0.25, -0.2) is 9.37 Å². The largest absolute Gasteiger partial charge is 0.340 e. The molecular formula is C17H22FN5. The minimum atomic E-state index is -0.252. The Hall–Kier alpha value is -2.21. The minimum absolute atomic E-state index is 0.0376. The Balaban J connectivity index is 1.82. The van der Waals surface area contributed by atoms with Gasteiger partial charge in [-0.3, -0.25) is 0 Å². The van der Waals surface area contributed by atoms with Crippen LogP contribution in [-0.4, -0.2) is 35.1 Å². The first-order chi connectivity index (χ1) is 10.9. The number of aryl methyl sites for hydroxylation is 1. The molecular weight excluding hydrogens is 293 g/mol. The van der Waals surface area contributed by atoms with Gasteiger partial charge < -0.3 is 15.5 Å². The fourth-order valence-corrected chi connectivity index (χ4v) is 2.75. The van der Waals surface area contributed by atoms with Crippen LogP contribution in [0.3, 0.4) is 0 Å². The van der Waals surface area contributed by atoms with E-state index in [1.807, 2.05) is 13.0 Å². The Morgan fingerprint density at radius 1 is 1.22 bits per heavy atom. The Labute approximate surface area is 136 Å². The van der Waals surface area contributed by atoms with Crippen LogP contribution < -0.4 is 15.5 Å². The summed E-state index contributed by atoms with van der Waals surface area (Å²) >= 11 is 0. The van der Waals surface area contributed by atoms with E-state index >= 15 is 0 Å². The van der Waals surface area contributed by atoms with Gasteiger partial charge in [0.25, 0.3) is 0 Å². The molecule has 0 spiro atoms. The highest BCUT2D eigenvalue weighted by Crippen LogP contribution is 2.21. The molecule has 0 atom stereocenters. The first-order valence-corrected chi connectivity index (χ1v) is 7.80. The van der Waals surface area contributed by atoms with Crippen molar-refractivity contribution in [2.45, 2.75) is 26.3 Å². The maximum absolute atomic E-state index is 13.0. The number of hydrogen-bond donors (Lipinski definition) is 2. The van der Waals surface area contributed by atoms with E-state index in [4.69, 9.17) is 0 Å². The maximum atomic E-state index is 13.0. The molecule has 6 heteroatoms. The van der Waals surface area contributed by atoms with Gasteiger partial charge >= 0.3 is 0 Å². The van der Waals surface area contributed by atoms with Crippen molar-refractivity contribution in [1.82, 2.24) is 15.3 Å². The number of nitrogens with zero attached hydrogens (tertiary/aromatic N) is 3. The first-order valence-electron chi connectivity index (χ1n) is 7.80. The number of halogens is 1. The van der Waals surface area contributed by atoms with Crippen molar-refractivity contribution in [3.63, 3.8) is 0 Å². The van der Waals surface area contributed by atoms with Gasteiger partial charge in [-0.1, -0.05) is 0 Å². The van der Waals surface area contributed by atoms with Crippen LogP contribution in [0.5, 0.6) is 0 Å². The molecule has 1 aromatic heterocycles. The summed E-state index contributed by atoms with van der Waals surface area (Å²) in [6.45, 7) is 8.94. The molecule has 3 rings (SSSR count). The average molecular weight is 315 g/mol. The van der Waals surface area contributed by atoms with E-state index in [9.17, 15) is 4.39 Å². The molecule has 0 amide bonds. The molecule has 0 aliphatic carbocycles. The standard InChI is InChI=1S/C17H22FN5/c1-12-10-15(21-14-6-4-13(18)5-7-14)22-16(20-12)23-9-8-19-17(2,3)11-23/h4-7,10,19H,8-9,11H2,1-3H3,(H,20,21,22). The fraction of sp³-hybridized carbons (Fsp3) is 0.412. The molecule has 23 heavy (non-hydrogen) atoms. The number of benzene rings is 1. The van der Waals surface area contributed by atoms with Crippen molar-refractivity contribution in [3.8, 4) is 0 Å². The van der Waals surface area contributed by atoms with Gasteiger partial charge in [0.15, 0.2) is 0 Å². The molecule has 122 valence electrons. The highest BCUT2D eigenvalue weighted by Gasteiger charge is 2.27. The van der Waals surface area contributed by atoms with Crippen molar-refractivity contribution in [2.75, 3.05) is 29.9 Å². The number of nitrogens with one attached hydrogen (secondary N) is 2. The van der Waals surface area contributed by atoms with Crippen molar-refractivity contribution in [2.24, 2.45) is 0 Å². The molecule has 0 bridgehead atoms. The average Bonchev–Trinajstić information content (AvgIpc) is 2.48. The van der Waals surface area contributed by atoms with Crippen molar-refractivity contribution in [1.29, 1.82) is 0 Å². The first kappa shape index (κ1) is 15.7. The molecule has 2 N–H and O–H groups in total. The maximum Gasteiger partial charge on any atom is 0.227 e. The molecule has 1 saturated heterocycles. The van der Waals surface area contributed by atoms with E-state index in [2.05, 4.69) is 39.3 Å². The van der Waals surface area contributed by atoms with Crippen LogP contribution in [0.1, 0.15) is 19.5 Å². The molecule has 1 aliphatic heterocycles. The number of aromatic nitrogens is 2. The predicted octanol–water partition coefficient (Wildman–Crippen LogP) is 2.86. The lowest BCUT2D eigenvalue weighted by Crippen LogP contribution is -2.57. The van der Waals surface area contributed by atoms with Crippen LogP contribution in [-0.2, 0) is 0 Å². The molecule has 0 unspecified atom stereocenters. The van der Waals surface area contributed by atoms with Gasteiger partial charge in [-0.05, 0) is 45.0 Å². The molecule has 5 nitrogen and oxygen atoms in total. The van der Waals surface area contributed by atoms with Crippen LogP contribution in [0, 0.1) is 12.7 Å². The summed E-state index contributed by atoms with van der Waals surface area (Å²) < 4.78 is 13.0. The van der Waals surface area contributed by atoms with Gasteiger partial charge in [-0.2, -0.15) is 4.98 Å². The Morgan fingerprint density at radius 3 is 2.65 bits per heavy atom. The highest BCUT2D eigenvalue weighted by molar-refractivity contribution is 5.57. The second-order valence-corrected chi connectivity index (χ2v) is 6.56. The molecule has 0 saturated carbocycles. The Kier molecular flexibility index (Phi) is 4.17. The summed E-state index contributed by atoms with van der Waals surface area (Å²) in [5, 5.41) is 6.70. The summed E-state index contributed by atoms with van der Waals surface area (Å²) in [6.07, 6.45) is 0. The summed E-state index contributed by atoms with van der Waals surface area (Å²) in [6, 6.07) is 8.13. The second kappa shape index (κ2) is 6.12. The smallest absolute Gasteiger partial charge is 0.227 e. The van der Waals surface area contributed by atoms with Crippen molar-refractivity contribution in [3.05, 3.63) is 41.8 Å². The molecule has 0 radical (unpaired) electrons. The van der Waals surface area contributed by atoms with Gasteiger partial charge in [0, 0.05) is 42.6 Å². The summed E-state index contributed by atoms with van der Waals surface area (Å²) in [7, 11) is 0. The van der Waals surface area contributed by atoms with E-state index in [0.29, 0.717) is 0 Å². The second-order valence-electron chi connectivity index (χ2n) is 6.56. The normalized spacial score (nSPS) is 17.1. The van der Waals surface area contributed by atoms with Crippen molar-refractivity contribution >= 4 is 17.5 Å². The third kappa shape index (κ3) is 3.96. The lowest BCUT2D eigenvalue weighted by Gasteiger charge is -2.39. The lowest BCUT2D eigenvalue weighted by molar-refractivity contribution is 0.350. The number of rotatable bonds is 3. The fourth-order valence-electron chi connectivity index (χ4n) is 2.75.